The number of benzene rings is 2. The minimum absolute atomic E-state index is 0.239. The van der Waals surface area contributed by atoms with Gasteiger partial charge in [-0.2, -0.15) is 0 Å². The molecule has 0 saturated heterocycles. The van der Waals surface area contributed by atoms with E-state index >= 15 is 0 Å². The Morgan fingerprint density at radius 1 is 1.05 bits per heavy atom. The first-order valence-corrected chi connectivity index (χ1v) is 7.20. The van der Waals surface area contributed by atoms with E-state index in [1.165, 1.54) is 12.1 Å². The van der Waals surface area contributed by atoms with E-state index in [9.17, 15) is 4.39 Å². The molecule has 0 N–H and O–H groups in total. The molecule has 0 aliphatic carbocycles. The van der Waals surface area contributed by atoms with E-state index in [-0.39, 0.29) is 5.82 Å². The number of halogens is 1. The van der Waals surface area contributed by atoms with Crippen molar-refractivity contribution in [2.75, 3.05) is 7.11 Å². The Morgan fingerprint density at radius 3 is 2.32 bits per heavy atom. The van der Waals surface area contributed by atoms with Crippen LogP contribution in [0.1, 0.15) is 12.7 Å². The van der Waals surface area contributed by atoms with E-state index in [4.69, 9.17) is 4.74 Å². The molecule has 2 aromatic carbocycles. The van der Waals surface area contributed by atoms with Crippen molar-refractivity contribution in [3.05, 3.63) is 66.4 Å². The first-order valence-electron chi connectivity index (χ1n) is 7.20. The van der Waals surface area contributed by atoms with Crippen molar-refractivity contribution in [1.82, 2.24) is 9.55 Å². The van der Waals surface area contributed by atoms with E-state index in [0.29, 0.717) is 0 Å². The van der Waals surface area contributed by atoms with Crippen LogP contribution in [0.15, 0.2) is 54.7 Å². The van der Waals surface area contributed by atoms with Gasteiger partial charge >= 0.3 is 0 Å². The summed E-state index contributed by atoms with van der Waals surface area (Å²) in [5.41, 5.74) is 2.82. The minimum atomic E-state index is -0.239. The molecule has 0 atom stereocenters. The highest BCUT2D eigenvalue weighted by Crippen LogP contribution is 2.24. The number of hydrogen-bond acceptors (Lipinski definition) is 2. The predicted octanol–water partition coefficient (Wildman–Crippen LogP) is 4.25. The molecule has 3 aromatic rings. The van der Waals surface area contributed by atoms with E-state index in [1.807, 2.05) is 35.0 Å². The van der Waals surface area contributed by atoms with Gasteiger partial charge in [0.2, 0.25) is 0 Å². The normalized spacial score (nSPS) is 10.7. The number of aromatic nitrogens is 2. The van der Waals surface area contributed by atoms with Crippen LogP contribution >= 0.6 is 0 Å². The fourth-order valence-electron chi connectivity index (χ4n) is 2.39. The molecule has 0 spiro atoms. The van der Waals surface area contributed by atoms with Crippen molar-refractivity contribution in [2.24, 2.45) is 0 Å². The third-order valence-electron chi connectivity index (χ3n) is 3.59. The van der Waals surface area contributed by atoms with Gasteiger partial charge in [-0.05, 0) is 48.5 Å². The second-order valence-corrected chi connectivity index (χ2v) is 4.97. The van der Waals surface area contributed by atoms with Crippen LogP contribution in [0.2, 0.25) is 0 Å². The summed E-state index contributed by atoms with van der Waals surface area (Å²) in [5.74, 6) is 1.52. The Bertz CT molecular complexity index is 761. The lowest BCUT2D eigenvalue weighted by Crippen LogP contribution is -1.98. The van der Waals surface area contributed by atoms with Crippen LogP contribution in [0.4, 0.5) is 4.39 Å². The molecular weight excluding hydrogens is 279 g/mol. The van der Waals surface area contributed by atoms with Crippen molar-refractivity contribution in [2.45, 2.75) is 13.3 Å². The second-order valence-electron chi connectivity index (χ2n) is 4.97. The Morgan fingerprint density at radius 2 is 1.73 bits per heavy atom. The molecule has 3 nitrogen and oxygen atoms in total. The lowest BCUT2D eigenvalue weighted by Gasteiger charge is -2.05. The van der Waals surface area contributed by atoms with Crippen LogP contribution in [0.3, 0.4) is 0 Å². The zero-order chi connectivity index (χ0) is 15.5. The van der Waals surface area contributed by atoms with Gasteiger partial charge in [-0.1, -0.05) is 6.92 Å². The first kappa shape index (κ1) is 14.3. The standard InChI is InChI=1S/C18H17FN2O/c1-3-18-20-17(13-4-10-16(22-2)11-5-13)12-21(18)15-8-6-14(19)7-9-15/h4-12H,3H2,1-2H3. The number of ether oxygens (including phenoxy) is 1. The average molecular weight is 296 g/mol. The highest BCUT2D eigenvalue weighted by Gasteiger charge is 2.10. The Labute approximate surface area is 129 Å². The average Bonchev–Trinajstić information content (AvgIpc) is 3.00. The maximum Gasteiger partial charge on any atom is 0.123 e. The number of hydrogen-bond donors (Lipinski definition) is 0. The van der Waals surface area contributed by atoms with Crippen LogP contribution in [0.25, 0.3) is 16.9 Å². The zero-order valence-corrected chi connectivity index (χ0v) is 12.6. The summed E-state index contributed by atoms with van der Waals surface area (Å²) < 4.78 is 20.3. The topological polar surface area (TPSA) is 27.1 Å². The lowest BCUT2D eigenvalue weighted by atomic mass is 10.1. The number of nitrogens with zero attached hydrogens (tertiary/aromatic N) is 2. The molecule has 0 aliphatic rings. The van der Waals surface area contributed by atoms with Crippen molar-refractivity contribution < 1.29 is 9.13 Å². The molecule has 0 amide bonds. The lowest BCUT2D eigenvalue weighted by molar-refractivity contribution is 0.415. The van der Waals surface area contributed by atoms with Crippen molar-refractivity contribution in [3.8, 4) is 22.7 Å². The summed E-state index contributed by atoms with van der Waals surface area (Å²) in [6.07, 6.45) is 2.78. The SMILES string of the molecule is CCc1nc(-c2ccc(OC)cc2)cn1-c1ccc(F)cc1. The fourth-order valence-corrected chi connectivity index (χ4v) is 2.39. The number of rotatable bonds is 4. The van der Waals surface area contributed by atoms with Crippen LogP contribution in [-0.2, 0) is 6.42 Å². The van der Waals surface area contributed by atoms with Crippen LogP contribution in [-0.4, -0.2) is 16.7 Å². The maximum absolute atomic E-state index is 13.1. The number of imidazole rings is 1. The van der Waals surface area contributed by atoms with Gasteiger partial charge in [0, 0.05) is 23.9 Å². The smallest absolute Gasteiger partial charge is 0.123 e. The van der Waals surface area contributed by atoms with Gasteiger partial charge in [0.1, 0.15) is 17.4 Å². The molecule has 3 rings (SSSR count). The third-order valence-corrected chi connectivity index (χ3v) is 3.59. The maximum atomic E-state index is 13.1. The monoisotopic (exact) mass is 296 g/mol. The van der Waals surface area contributed by atoms with Gasteiger partial charge in [0.25, 0.3) is 0 Å². The van der Waals surface area contributed by atoms with Gasteiger partial charge in [0.15, 0.2) is 0 Å². The van der Waals surface area contributed by atoms with Crippen LogP contribution < -0.4 is 4.74 Å². The first-order chi connectivity index (χ1) is 10.7. The molecule has 0 aliphatic heterocycles. The van der Waals surface area contributed by atoms with E-state index in [2.05, 4.69) is 11.9 Å². The molecule has 1 aromatic heterocycles. The van der Waals surface area contributed by atoms with Crippen molar-refractivity contribution in [1.29, 1.82) is 0 Å². The molecular formula is C18H17FN2O. The minimum Gasteiger partial charge on any atom is -0.497 e. The van der Waals surface area contributed by atoms with Gasteiger partial charge in [0.05, 0.1) is 12.8 Å². The van der Waals surface area contributed by atoms with E-state index in [0.717, 1.165) is 34.9 Å². The van der Waals surface area contributed by atoms with E-state index < -0.39 is 0 Å². The molecule has 0 bridgehead atoms. The van der Waals surface area contributed by atoms with Gasteiger partial charge in [-0.15, -0.1) is 0 Å². The second kappa shape index (κ2) is 6.02. The van der Waals surface area contributed by atoms with Crippen LogP contribution in [0.5, 0.6) is 5.75 Å². The van der Waals surface area contributed by atoms with Crippen molar-refractivity contribution >= 4 is 0 Å². The summed E-state index contributed by atoms with van der Waals surface area (Å²) in [6.45, 7) is 2.06. The van der Waals surface area contributed by atoms with Gasteiger partial charge in [-0.25, -0.2) is 9.37 Å². The molecule has 112 valence electrons. The highest BCUT2D eigenvalue weighted by molar-refractivity contribution is 5.60. The number of methoxy groups -OCH3 is 1. The summed E-state index contributed by atoms with van der Waals surface area (Å²) >= 11 is 0. The molecule has 22 heavy (non-hydrogen) atoms. The quantitative estimate of drug-likeness (QED) is 0.719. The third kappa shape index (κ3) is 2.72. The summed E-state index contributed by atoms with van der Waals surface area (Å²) in [5, 5.41) is 0. The molecule has 0 fully saturated rings. The van der Waals surface area contributed by atoms with Crippen LogP contribution in [0, 0.1) is 5.82 Å². The molecule has 1 heterocycles. The zero-order valence-electron chi connectivity index (χ0n) is 12.6. The van der Waals surface area contributed by atoms with Gasteiger partial charge in [-0.3, -0.25) is 0 Å². The van der Waals surface area contributed by atoms with Crippen molar-refractivity contribution in [3.63, 3.8) is 0 Å². The Kier molecular flexibility index (Phi) is 3.92. The molecule has 0 radical (unpaired) electrons. The number of aryl methyl sites for hydroxylation is 1. The summed E-state index contributed by atoms with van der Waals surface area (Å²) in [7, 11) is 1.65. The molecule has 4 heteroatoms. The molecule has 0 saturated carbocycles. The fraction of sp³-hybridized carbons (Fsp3) is 0.167. The predicted molar refractivity (Wildman–Crippen MR) is 84.9 cm³/mol. The molecule has 0 unspecified atom stereocenters. The largest absolute Gasteiger partial charge is 0.497 e. The Balaban J connectivity index is 2.01. The van der Waals surface area contributed by atoms with E-state index in [1.54, 1.807) is 19.2 Å². The van der Waals surface area contributed by atoms with Gasteiger partial charge < -0.3 is 9.30 Å². The summed E-state index contributed by atoms with van der Waals surface area (Å²) in [6, 6.07) is 14.2. The Hall–Kier alpha value is -2.62. The summed E-state index contributed by atoms with van der Waals surface area (Å²) in [4.78, 5) is 4.68. The highest BCUT2D eigenvalue weighted by atomic mass is 19.1.